The van der Waals surface area contributed by atoms with Crippen LogP contribution in [0, 0.1) is 6.92 Å². The first-order chi connectivity index (χ1) is 7.74. The summed E-state index contributed by atoms with van der Waals surface area (Å²) in [6.07, 6.45) is 1.25. The maximum absolute atomic E-state index is 5.69. The van der Waals surface area contributed by atoms with E-state index in [2.05, 4.69) is 35.5 Å². The molecule has 1 atom stereocenters. The molecular weight excluding hydrogens is 238 g/mol. The zero-order valence-corrected chi connectivity index (χ0v) is 11.5. The van der Waals surface area contributed by atoms with Gasteiger partial charge in [-0.15, -0.1) is 11.3 Å². The molecule has 0 spiro atoms. The standard InChI is InChI=1S/C11H19N3S2/c1-3-9-7-14(4-5-15-9)11-13-8(2)10(6-12)16-11/h9H,3-7,12H2,1-2H3. The number of aryl methyl sites for hydroxylation is 1. The van der Waals surface area contributed by atoms with Crippen molar-refractivity contribution < 1.29 is 0 Å². The zero-order chi connectivity index (χ0) is 11.5. The van der Waals surface area contributed by atoms with E-state index in [0.717, 1.165) is 29.2 Å². The third-order valence-corrected chi connectivity index (χ3v) is 5.54. The Morgan fingerprint density at radius 3 is 3.00 bits per heavy atom. The Bertz CT molecular complexity index is 351. The summed E-state index contributed by atoms with van der Waals surface area (Å²) in [5.74, 6) is 1.22. The quantitative estimate of drug-likeness (QED) is 0.902. The summed E-state index contributed by atoms with van der Waals surface area (Å²) in [6.45, 7) is 7.19. The number of hydrogen-bond donors (Lipinski definition) is 1. The Labute approximate surface area is 105 Å². The third-order valence-electron chi connectivity index (χ3n) is 2.93. The monoisotopic (exact) mass is 257 g/mol. The molecule has 0 aromatic carbocycles. The van der Waals surface area contributed by atoms with Gasteiger partial charge in [-0.25, -0.2) is 4.98 Å². The molecule has 2 rings (SSSR count). The molecule has 16 heavy (non-hydrogen) atoms. The normalized spacial score (nSPS) is 21.4. The number of rotatable bonds is 3. The number of nitrogens with zero attached hydrogens (tertiary/aromatic N) is 2. The van der Waals surface area contributed by atoms with E-state index in [1.165, 1.54) is 17.1 Å². The van der Waals surface area contributed by atoms with E-state index in [0.29, 0.717) is 6.54 Å². The summed E-state index contributed by atoms with van der Waals surface area (Å²) in [5, 5.41) is 1.93. The van der Waals surface area contributed by atoms with Crippen molar-refractivity contribution in [2.24, 2.45) is 5.73 Å². The van der Waals surface area contributed by atoms with Crippen LogP contribution in [0.3, 0.4) is 0 Å². The van der Waals surface area contributed by atoms with E-state index in [1.807, 2.05) is 0 Å². The van der Waals surface area contributed by atoms with Gasteiger partial charge in [-0.1, -0.05) is 6.92 Å². The number of anilines is 1. The molecule has 5 heteroatoms. The number of aromatic nitrogens is 1. The molecule has 2 N–H and O–H groups in total. The minimum Gasteiger partial charge on any atom is -0.346 e. The van der Waals surface area contributed by atoms with Gasteiger partial charge in [0.25, 0.3) is 0 Å². The molecule has 2 heterocycles. The zero-order valence-electron chi connectivity index (χ0n) is 9.90. The van der Waals surface area contributed by atoms with E-state index in [1.54, 1.807) is 11.3 Å². The maximum atomic E-state index is 5.69. The summed E-state index contributed by atoms with van der Waals surface area (Å²) in [5.41, 5.74) is 6.80. The Morgan fingerprint density at radius 2 is 2.38 bits per heavy atom. The molecule has 1 unspecified atom stereocenters. The largest absolute Gasteiger partial charge is 0.346 e. The molecule has 0 aliphatic carbocycles. The van der Waals surface area contributed by atoms with Gasteiger partial charge in [-0.3, -0.25) is 0 Å². The highest BCUT2D eigenvalue weighted by Gasteiger charge is 2.21. The van der Waals surface area contributed by atoms with Crippen molar-refractivity contribution in [2.75, 3.05) is 23.7 Å². The van der Waals surface area contributed by atoms with Crippen LogP contribution in [0.5, 0.6) is 0 Å². The first-order valence-corrected chi connectivity index (χ1v) is 7.64. The summed E-state index contributed by atoms with van der Waals surface area (Å²) in [7, 11) is 0. The van der Waals surface area contributed by atoms with Gasteiger partial charge in [-0.05, 0) is 13.3 Å². The van der Waals surface area contributed by atoms with E-state index in [9.17, 15) is 0 Å². The number of hydrogen-bond acceptors (Lipinski definition) is 5. The lowest BCUT2D eigenvalue weighted by atomic mass is 10.3. The molecule has 90 valence electrons. The van der Waals surface area contributed by atoms with E-state index >= 15 is 0 Å². The molecule has 1 aliphatic heterocycles. The van der Waals surface area contributed by atoms with Crippen molar-refractivity contribution >= 4 is 28.2 Å². The highest BCUT2D eigenvalue weighted by atomic mass is 32.2. The van der Waals surface area contributed by atoms with Crippen LogP contribution in [-0.4, -0.2) is 29.1 Å². The molecule has 0 radical (unpaired) electrons. The van der Waals surface area contributed by atoms with Gasteiger partial charge in [0, 0.05) is 35.5 Å². The fraction of sp³-hybridized carbons (Fsp3) is 0.727. The fourth-order valence-corrected chi connectivity index (χ4v) is 4.03. The van der Waals surface area contributed by atoms with Gasteiger partial charge in [0.2, 0.25) is 0 Å². The minimum absolute atomic E-state index is 0.614. The van der Waals surface area contributed by atoms with Crippen molar-refractivity contribution in [3.8, 4) is 0 Å². The van der Waals surface area contributed by atoms with Gasteiger partial charge in [-0.2, -0.15) is 11.8 Å². The van der Waals surface area contributed by atoms with Crippen LogP contribution in [0.4, 0.5) is 5.13 Å². The second-order valence-corrected chi connectivity index (χ2v) is 6.53. The molecule has 3 nitrogen and oxygen atoms in total. The average molecular weight is 257 g/mol. The van der Waals surface area contributed by atoms with Gasteiger partial charge in [0.05, 0.1) is 5.69 Å². The van der Waals surface area contributed by atoms with Crippen LogP contribution in [-0.2, 0) is 6.54 Å². The van der Waals surface area contributed by atoms with Crippen LogP contribution in [0.15, 0.2) is 0 Å². The minimum atomic E-state index is 0.614. The summed E-state index contributed by atoms with van der Waals surface area (Å²) < 4.78 is 0. The molecule has 0 bridgehead atoms. The van der Waals surface area contributed by atoms with Crippen molar-refractivity contribution in [1.29, 1.82) is 0 Å². The van der Waals surface area contributed by atoms with Crippen LogP contribution >= 0.6 is 23.1 Å². The van der Waals surface area contributed by atoms with Gasteiger partial charge in [0.15, 0.2) is 5.13 Å². The fourth-order valence-electron chi connectivity index (χ4n) is 1.88. The van der Waals surface area contributed by atoms with Crippen molar-refractivity contribution in [3.05, 3.63) is 10.6 Å². The van der Waals surface area contributed by atoms with Crippen molar-refractivity contribution in [2.45, 2.75) is 32.1 Å². The molecule has 1 aromatic rings. The molecule has 0 amide bonds. The first-order valence-electron chi connectivity index (χ1n) is 5.77. The van der Waals surface area contributed by atoms with Crippen LogP contribution in [0.25, 0.3) is 0 Å². The van der Waals surface area contributed by atoms with E-state index in [-0.39, 0.29) is 0 Å². The molecule has 1 aliphatic rings. The third kappa shape index (κ3) is 2.52. The predicted octanol–water partition coefficient (Wildman–Crippen LogP) is 2.24. The Hall–Kier alpha value is -0.260. The number of nitrogens with two attached hydrogens (primary N) is 1. The average Bonchev–Trinajstić information content (AvgIpc) is 2.71. The van der Waals surface area contributed by atoms with Gasteiger partial charge in [0.1, 0.15) is 0 Å². The molecule has 1 saturated heterocycles. The van der Waals surface area contributed by atoms with Gasteiger partial charge >= 0.3 is 0 Å². The predicted molar refractivity (Wildman–Crippen MR) is 73.5 cm³/mol. The second kappa shape index (κ2) is 5.38. The summed E-state index contributed by atoms with van der Waals surface area (Å²) in [4.78, 5) is 8.27. The molecule has 1 aromatic heterocycles. The maximum Gasteiger partial charge on any atom is 0.185 e. The Morgan fingerprint density at radius 1 is 1.56 bits per heavy atom. The lowest BCUT2D eigenvalue weighted by molar-refractivity contribution is 0.725. The van der Waals surface area contributed by atoms with Crippen LogP contribution in [0.2, 0.25) is 0 Å². The van der Waals surface area contributed by atoms with Gasteiger partial charge < -0.3 is 10.6 Å². The molecular formula is C11H19N3S2. The second-order valence-electron chi connectivity index (χ2n) is 4.06. The first kappa shape index (κ1) is 12.2. The van der Waals surface area contributed by atoms with Crippen LogP contribution in [0.1, 0.15) is 23.9 Å². The molecule has 1 fully saturated rings. The topological polar surface area (TPSA) is 42.2 Å². The smallest absolute Gasteiger partial charge is 0.185 e. The van der Waals surface area contributed by atoms with E-state index in [4.69, 9.17) is 5.73 Å². The number of thioether (sulfide) groups is 1. The SMILES string of the molecule is CCC1CN(c2nc(C)c(CN)s2)CCS1. The molecule has 0 saturated carbocycles. The number of thiazole rings is 1. The Balaban J connectivity index is 2.10. The Kier molecular flexibility index (Phi) is 4.10. The van der Waals surface area contributed by atoms with Crippen LogP contribution < -0.4 is 10.6 Å². The summed E-state index contributed by atoms with van der Waals surface area (Å²) in [6, 6.07) is 0. The van der Waals surface area contributed by atoms with Crippen molar-refractivity contribution in [1.82, 2.24) is 4.98 Å². The lowest BCUT2D eigenvalue weighted by Gasteiger charge is -2.31. The summed E-state index contributed by atoms with van der Waals surface area (Å²) >= 11 is 3.85. The lowest BCUT2D eigenvalue weighted by Crippen LogP contribution is -2.37. The van der Waals surface area contributed by atoms with Crippen molar-refractivity contribution in [3.63, 3.8) is 0 Å². The van der Waals surface area contributed by atoms with E-state index < -0.39 is 0 Å². The highest BCUT2D eigenvalue weighted by Crippen LogP contribution is 2.30. The highest BCUT2D eigenvalue weighted by molar-refractivity contribution is 8.00.